The topological polar surface area (TPSA) is 59.8 Å². The van der Waals surface area contributed by atoms with E-state index in [4.69, 9.17) is 0 Å². The molecule has 0 aliphatic rings. The molecule has 2 heterocycles. The monoisotopic (exact) mass is 354 g/mol. The van der Waals surface area contributed by atoms with Crippen LogP contribution in [0.3, 0.4) is 0 Å². The normalized spacial score (nSPS) is 11.2. The van der Waals surface area contributed by atoms with Gasteiger partial charge in [0, 0.05) is 7.05 Å². The number of aryl methyl sites for hydroxylation is 1. The summed E-state index contributed by atoms with van der Waals surface area (Å²) >= 11 is 3.05. The molecule has 0 bridgehead atoms. The number of carbonyl (C=O) groups excluding carboxylic acids is 1. The summed E-state index contributed by atoms with van der Waals surface area (Å²) in [5, 5.41) is 2.87. The Bertz CT molecular complexity index is 1000. The summed E-state index contributed by atoms with van der Waals surface area (Å²) in [6, 6.07) is 15.8. The molecule has 120 valence electrons. The lowest BCUT2D eigenvalue weighted by Gasteiger charge is -2.04. The molecule has 0 atom stereocenters. The summed E-state index contributed by atoms with van der Waals surface area (Å²) in [7, 11) is 1.89. The number of thiazole rings is 1. The fraction of sp³-hybridized carbons (Fsp3) is 0.118. The molecule has 0 radical (unpaired) electrons. The van der Waals surface area contributed by atoms with Crippen molar-refractivity contribution < 1.29 is 4.79 Å². The van der Waals surface area contributed by atoms with E-state index in [0.29, 0.717) is 11.7 Å². The van der Waals surface area contributed by atoms with Crippen molar-refractivity contribution in [1.29, 1.82) is 0 Å². The van der Waals surface area contributed by atoms with Crippen LogP contribution in [0, 0.1) is 0 Å². The quantitative estimate of drug-likeness (QED) is 0.565. The Hall–Kier alpha value is -2.38. The predicted octanol–water partition coefficient (Wildman–Crippen LogP) is 3.91. The van der Waals surface area contributed by atoms with Gasteiger partial charge in [0.2, 0.25) is 11.9 Å². The van der Waals surface area contributed by atoms with Crippen LogP contribution in [0.4, 0.5) is 5.95 Å². The van der Waals surface area contributed by atoms with E-state index >= 15 is 0 Å². The molecule has 0 spiro atoms. The van der Waals surface area contributed by atoms with Crippen molar-refractivity contribution in [2.75, 3.05) is 11.1 Å². The molecule has 0 fully saturated rings. The van der Waals surface area contributed by atoms with Gasteiger partial charge in [-0.2, -0.15) is 0 Å². The summed E-state index contributed by atoms with van der Waals surface area (Å²) in [4.78, 5) is 21.2. The van der Waals surface area contributed by atoms with Gasteiger partial charge in [-0.1, -0.05) is 36.0 Å². The first kappa shape index (κ1) is 15.2. The number of carbonyl (C=O) groups is 1. The number of aromatic nitrogens is 3. The lowest BCUT2D eigenvalue weighted by Crippen LogP contribution is -2.16. The first-order valence-electron chi connectivity index (χ1n) is 7.40. The number of benzene rings is 2. The summed E-state index contributed by atoms with van der Waals surface area (Å²) in [6.07, 6.45) is 0. The fourth-order valence-corrected chi connectivity index (χ4v) is 4.33. The number of thioether (sulfide) groups is 1. The molecule has 2 aromatic heterocycles. The smallest absolute Gasteiger partial charge is 0.237 e. The highest BCUT2D eigenvalue weighted by Gasteiger charge is 2.12. The van der Waals surface area contributed by atoms with Crippen molar-refractivity contribution in [1.82, 2.24) is 14.5 Å². The zero-order valence-electron chi connectivity index (χ0n) is 12.9. The van der Waals surface area contributed by atoms with Gasteiger partial charge in [0.25, 0.3) is 0 Å². The number of fused-ring (bicyclic) bond motifs is 2. The molecule has 4 rings (SSSR count). The van der Waals surface area contributed by atoms with Gasteiger partial charge >= 0.3 is 0 Å². The van der Waals surface area contributed by atoms with E-state index in [2.05, 4.69) is 15.3 Å². The molecule has 0 saturated heterocycles. The highest BCUT2D eigenvalue weighted by Crippen LogP contribution is 2.29. The largest absolute Gasteiger partial charge is 0.313 e. The van der Waals surface area contributed by atoms with Crippen LogP contribution in [-0.2, 0) is 11.8 Å². The van der Waals surface area contributed by atoms with Crippen LogP contribution in [0.2, 0.25) is 0 Å². The molecule has 0 unspecified atom stereocenters. The Morgan fingerprint density at radius 3 is 2.67 bits per heavy atom. The molecule has 1 amide bonds. The second-order valence-electron chi connectivity index (χ2n) is 5.27. The Kier molecular flexibility index (Phi) is 3.95. The van der Waals surface area contributed by atoms with Crippen LogP contribution in [-0.4, -0.2) is 26.2 Å². The Balaban J connectivity index is 1.45. The number of anilines is 1. The van der Waals surface area contributed by atoms with Crippen LogP contribution >= 0.6 is 23.1 Å². The highest BCUT2D eigenvalue weighted by atomic mass is 32.2. The summed E-state index contributed by atoms with van der Waals surface area (Å²) in [5.41, 5.74) is 2.83. The summed E-state index contributed by atoms with van der Waals surface area (Å²) in [5.74, 6) is 0.784. The molecular formula is C17H14N4OS2. The highest BCUT2D eigenvalue weighted by molar-refractivity contribution is 8.01. The number of para-hydroxylation sites is 3. The third-order valence-corrected chi connectivity index (χ3v) is 5.82. The summed E-state index contributed by atoms with van der Waals surface area (Å²) in [6.45, 7) is 0. The first-order valence-corrected chi connectivity index (χ1v) is 9.20. The lowest BCUT2D eigenvalue weighted by atomic mass is 10.3. The molecule has 0 aliphatic carbocycles. The number of hydrogen-bond donors (Lipinski definition) is 1. The maximum atomic E-state index is 12.2. The number of rotatable bonds is 4. The van der Waals surface area contributed by atoms with Gasteiger partial charge in [-0.25, -0.2) is 9.97 Å². The van der Waals surface area contributed by atoms with Gasteiger partial charge in [0.15, 0.2) is 4.34 Å². The number of nitrogens with zero attached hydrogens (tertiary/aromatic N) is 3. The van der Waals surface area contributed by atoms with Crippen LogP contribution in [0.25, 0.3) is 21.3 Å². The van der Waals surface area contributed by atoms with E-state index in [1.54, 1.807) is 11.3 Å². The number of imidazole rings is 1. The minimum Gasteiger partial charge on any atom is -0.313 e. The molecule has 4 aromatic rings. The van der Waals surface area contributed by atoms with Crippen LogP contribution in [0.15, 0.2) is 52.9 Å². The van der Waals surface area contributed by atoms with Gasteiger partial charge in [0.1, 0.15) is 0 Å². The van der Waals surface area contributed by atoms with Gasteiger partial charge < -0.3 is 4.57 Å². The molecule has 24 heavy (non-hydrogen) atoms. The molecule has 0 saturated carbocycles. The minimum absolute atomic E-state index is 0.0855. The van der Waals surface area contributed by atoms with E-state index in [-0.39, 0.29) is 5.91 Å². The zero-order valence-corrected chi connectivity index (χ0v) is 14.5. The van der Waals surface area contributed by atoms with Crippen molar-refractivity contribution in [3.8, 4) is 0 Å². The van der Waals surface area contributed by atoms with E-state index in [9.17, 15) is 4.79 Å². The van der Waals surface area contributed by atoms with Crippen LogP contribution < -0.4 is 5.32 Å². The Morgan fingerprint density at radius 1 is 1.12 bits per heavy atom. The van der Waals surface area contributed by atoms with E-state index in [0.717, 1.165) is 25.6 Å². The number of nitrogens with one attached hydrogen (secondary N) is 1. The van der Waals surface area contributed by atoms with Gasteiger partial charge in [-0.05, 0) is 24.3 Å². The maximum Gasteiger partial charge on any atom is 0.237 e. The first-order chi connectivity index (χ1) is 11.7. The molecule has 2 aromatic carbocycles. The van der Waals surface area contributed by atoms with Gasteiger partial charge in [-0.15, -0.1) is 11.3 Å². The third-order valence-electron chi connectivity index (χ3n) is 3.64. The SMILES string of the molecule is Cn1c(NC(=O)CSc2nc3ccccc3s2)nc2ccccc21. The Labute approximate surface area is 146 Å². The number of amides is 1. The lowest BCUT2D eigenvalue weighted by molar-refractivity contribution is -0.113. The van der Waals surface area contributed by atoms with Crippen molar-refractivity contribution in [2.24, 2.45) is 7.05 Å². The average Bonchev–Trinajstić information content (AvgIpc) is 3.15. The van der Waals surface area contributed by atoms with E-state index in [1.807, 2.05) is 60.1 Å². The van der Waals surface area contributed by atoms with Gasteiger partial charge in [0.05, 0.1) is 27.0 Å². The van der Waals surface area contributed by atoms with Gasteiger partial charge in [-0.3, -0.25) is 10.1 Å². The molecule has 7 heteroatoms. The van der Waals surface area contributed by atoms with Crippen molar-refractivity contribution in [3.63, 3.8) is 0 Å². The molecule has 1 N–H and O–H groups in total. The van der Waals surface area contributed by atoms with Crippen molar-refractivity contribution in [2.45, 2.75) is 4.34 Å². The second kappa shape index (κ2) is 6.26. The van der Waals surface area contributed by atoms with E-state index in [1.165, 1.54) is 11.8 Å². The summed E-state index contributed by atoms with van der Waals surface area (Å²) < 4.78 is 3.92. The number of hydrogen-bond acceptors (Lipinski definition) is 5. The van der Waals surface area contributed by atoms with Crippen molar-refractivity contribution in [3.05, 3.63) is 48.5 Å². The predicted molar refractivity (Wildman–Crippen MR) is 99.7 cm³/mol. The Morgan fingerprint density at radius 2 is 1.88 bits per heavy atom. The van der Waals surface area contributed by atoms with E-state index < -0.39 is 0 Å². The standard InChI is InChI=1S/C17H14N4OS2/c1-21-13-8-4-2-6-11(13)18-16(21)20-15(22)10-23-17-19-12-7-3-5-9-14(12)24-17/h2-9H,10H2,1H3,(H,18,20,22). The fourth-order valence-electron chi connectivity index (χ4n) is 2.46. The van der Waals surface area contributed by atoms with Crippen LogP contribution in [0.5, 0.6) is 0 Å². The zero-order chi connectivity index (χ0) is 16.5. The molecule has 0 aliphatic heterocycles. The minimum atomic E-state index is -0.0855. The van der Waals surface area contributed by atoms with Crippen LogP contribution in [0.1, 0.15) is 0 Å². The third kappa shape index (κ3) is 2.88. The second-order valence-corrected chi connectivity index (χ2v) is 7.52. The van der Waals surface area contributed by atoms with Crippen molar-refractivity contribution >= 4 is 56.2 Å². The molecule has 5 nitrogen and oxygen atoms in total. The molecular weight excluding hydrogens is 340 g/mol. The average molecular weight is 354 g/mol. The maximum absolute atomic E-state index is 12.2.